The molecule has 0 aliphatic carbocycles. The lowest BCUT2D eigenvalue weighted by Gasteiger charge is -2.36. The Balaban J connectivity index is 1.80. The highest BCUT2D eigenvalue weighted by molar-refractivity contribution is 5.35. The van der Waals surface area contributed by atoms with Crippen LogP contribution in [0.4, 0.5) is 0 Å². The molecule has 0 amide bonds. The molecule has 21 heavy (non-hydrogen) atoms. The standard InChI is InChI=1S/C17H27NO3/c1-12-5-6-17(13(2)7-12)20-11-16(19)10-18-8-14(3)21-15(4)9-18/h5-7,14-16,19H,8-11H2,1-4H3/t14-,15-,16-/m1/s1. The van der Waals surface area contributed by atoms with Crippen LogP contribution in [0.15, 0.2) is 18.2 Å². The Labute approximate surface area is 127 Å². The van der Waals surface area contributed by atoms with Crippen molar-refractivity contribution in [2.45, 2.75) is 46.0 Å². The predicted octanol–water partition coefficient (Wildman–Crippen LogP) is 2.15. The number of benzene rings is 1. The van der Waals surface area contributed by atoms with Gasteiger partial charge in [-0.1, -0.05) is 17.7 Å². The maximum Gasteiger partial charge on any atom is 0.122 e. The van der Waals surface area contributed by atoms with Gasteiger partial charge in [0.1, 0.15) is 18.5 Å². The summed E-state index contributed by atoms with van der Waals surface area (Å²) in [5.41, 5.74) is 2.33. The number of rotatable bonds is 5. The summed E-state index contributed by atoms with van der Waals surface area (Å²) in [5.74, 6) is 0.850. The zero-order valence-corrected chi connectivity index (χ0v) is 13.5. The van der Waals surface area contributed by atoms with Crippen molar-refractivity contribution in [1.82, 2.24) is 4.90 Å². The molecule has 0 radical (unpaired) electrons. The number of nitrogens with zero attached hydrogens (tertiary/aromatic N) is 1. The van der Waals surface area contributed by atoms with Gasteiger partial charge in [-0.15, -0.1) is 0 Å². The van der Waals surface area contributed by atoms with Gasteiger partial charge in [0.05, 0.1) is 12.2 Å². The normalized spacial score (nSPS) is 24.8. The van der Waals surface area contributed by atoms with Crippen LogP contribution in [0.25, 0.3) is 0 Å². The van der Waals surface area contributed by atoms with E-state index in [1.54, 1.807) is 0 Å². The molecule has 1 saturated heterocycles. The molecular weight excluding hydrogens is 266 g/mol. The number of aliphatic hydroxyl groups is 1. The second-order valence-electron chi connectivity index (χ2n) is 6.21. The second kappa shape index (κ2) is 7.25. The van der Waals surface area contributed by atoms with Gasteiger partial charge < -0.3 is 14.6 Å². The molecule has 1 fully saturated rings. The van der Waals surface area contributed by atoms with Gasteiger partial charge in [-0.3, -0.25) is 4.90 Å². The number of ether oxygens (including phenoxy) is 2. The van der Waals surface area contributed by atoms with Crippen LogP contribution in [0.5, 0.6) is 5.75 Å². The molecule has 0 bridgehead atoms. The van der Waals surface area contributed by atoms with Gasteiger partial charge in [-0.25, -0.2) is 0 Å². The van der Waals surface area contributed by atoms with E-state index in [4.69, 9.17) is 9.47 Å². The molecular formula is C17H27NO3. The molecule has 1 aromatic rings. The van der Waals surface area contributed by atoms with Crippen molar-refractivity contribution in [3.63, 3.8) is 0 Å². The molecule has 0 unspecified atom stereocenters. The summed E-state index contributed by atoms with van der Waals surface area (Å²) in [6.45, 7) is 10.9. The van der Waals surface area contributed by atoms with Crippen molar-refractivity contribution in [3.05, 3.63) is 29.3 Å². The fourth-order valence-corrected chi connectivity index (χ4v) is 2.93. The van der Waals surface area contributed by atoms with E-state index < -0.39 is 6.10 Å². The number of aliphatic hydroxyl groups excluding tert-OH is 1. The molecule has 1 aliphatic heterocycles. The van der Waals surface area contributed by atoms with Crippen molar-refractivity contribution in [2.75, 3.05) is 26.2 Å². The molecule has 1 heterocycles. The summed E-state index contributed by atoms with van der Waals surface area (Å²) in [7, 11) is 0. The molecule has 4 heteroatoms. The van der Waals surface area contributed by atoms with E-state index in [-0.39, 0.29) is 12.2 Å². The van der Waals surface area contributed by atoms with Crippen LogP contribution in [0.1, 0.15) is 25.0 Å². The first-order valence-corrected chi connectivity index (χ1v) is 7.70. The van der Waals surface area contributed by atoms with Crippen molar-refractivity contribution in [3.8, 4) is 5.75 Å². The number of hydrogen-bond donors (Lipinski definition) is 1. The van der Waals surface area contributed by atoms with E-state index in [0.29, 0.717) is 13.2 Å². The maximum atomic E-state index is 10.2. The Hall–Kier alpha value is -1.10. The van der Waals surface area contributed by atoms with Crippen molar-refractivity contribution >= 4 is 0 Å². The molecule has 1 aromatic carbocycles. The summed E-state index contributed by atoms with van der Waals surface area (Å²) in [4.78, 5) is 2.24. The average molecular weight is 293 g/mol. The molecule has 4 nitrogen and oxygen atoms in total. The largest absolute Gasteiger partial charge is 0.491 e. The molecule has 2 rings (SSSR count). The number of hydrogen-bond acceptors (Lipinski definition) is 4. The summed E-state index contributed by atoms with van der Waals surface area (Å²) in [6.07, 6.45) is -0.0365. The van der Waals surface area contributed by atoms with Crippen LogP contribution in [0.2, 0.25) is 0 Å². The Bertz CT molecular complexity index is 453. The molecule has 1 N–H and O–H groups in total. The van der Waals surface area contributed by atoms with Crippen LogP contribution in [-0.4, -0.2) is 54.6 Å². The maximum absolute atomic E-state index is 10.2. The zero-order chi connectivity index (χ0) is 15.4. The third-order valence-electron chi connectivity index (χ3n) is 3.73. The topological polar surface area (TPSA) is 41.9 Å². The highest BCUT2D eigenvalue weighted by Gasteiger charge is 2.23. The van der Waals surface area contributed by atoms with E-state index in [9.17, 15) is 5.11 Å². The van der Waals surface area contributed by atoms with Gasteiger partial charge >= 0.3 is 0 Å². The average Bonchev–Trinajstić information content (AvgIpc) is 2.36. The zero-order valence-electron chi connectivity index (χ0n) is 13.5. The summed E-state index contributed by atoms with van der Waals surface area (Å²) in [6, 6.07) is 6.09. The van der Waals surface area contributed by atoms with Gasteiger partial charge in [0.25, 0.3) is 0 Å². The lowest BCUT2D eigenvalue weighted by atomic mass is 10.1. The minimum absolute atomic E-state index is 0.223. The first kappa shape index (κ1) is 16.3. The number of aryl methyl sites for hydroxylation is 2. The molecule has 0 saturated carbocycles. The van der Waals surface area contributed by atoms with Gasteiger partial charge in [0.2, 0.25) is 0 Å². The minimum Gasteiger partial charge on any atom is -0.491 e. The quantitative estimate of drug-likeness (QED) is 0.903. The van der Waals surface area contributed by atoms with Gasteiger partial charge in [0.15, 0.2) is 0 Å². The van der Waals surface area contributed by atoms with Crippen LogP contribution >= 0.6 is 0 Å². The fraction of sp³-hybridized carbons (Fsp3) is 0.647. The molecule has 3 atom stereocenters. The summed E-state index contributed by atoms with van der Waals surface area (Å²) in [5, 5.41) is 10.2. The Morgan fingerprint density at radius 3 is 2.57 bits per heavy atom. The van der Waals surface area contributed by atoms with E-state index in [2.05, 4.69) is 31.7 Å². The van der Waals surface area contributed by atoms with Crippen molar-refractivity contribution < 1.29 is 14.6 Å². The highest BCUT2D eigenvalue weighted by atomic mass is 16.5. The van der Waals surface area contributed by atoms with E-state index >= 15 is 0 Å². The molecule has 0 spiro atoms. The van der Waals surface area contributed by atoms with Gasteiger partial charge in [-0.05, 0) is 39.3 Å². The predicted molar refractivity (Wildman–Crippen MR) is 83.9 cm³/mol. The molecule has 118 valence electrons. The van der Waals surface area contributed by atoms with Crippen LogP contribution < -0.4 is 4.74 Å². The van der Waals surface area contributed by atoms with E-state index in [0.717, 1.165) is 24.4 Å². The fourth-order valence-electron chi connectivity index (χ4n) is 2.93. The van der Waals surface area contributed by atoms with Crippen LogP contribution in [0.3, 0.4) is 0 Å². The lowest BCUT2D eigenvalue weighted by Crippen LogP contribution is -2.48. The minimum atomic E-state index is -0.483. The number of morpholine rings is 1. The second-order valence-corrected chi connectivity index (χ2v) is 6.21. The van der Waals surface area contributed by atoms with Crippen LogP contribution in [0, 0.1) is 13.8 Å². The Morgan fingerprint density at radius 2 is 1.95 bits per heavy atom. The third kappa shape index (κ3) is 4.99. The Morgan fingerprint density at radius 1 is 1.29 bits per heavy atom. The monoisotopic (exact) mass is 293 g/mol. The molecule has 1 aliphatic rings. The SMILES string of the molecule is Cc1ccc(OC[C@H](O)CN2C[C@@H](C)O[C@H](C)C2)c(C)c1. The van der Waals surface area contributed by atoms with Crippen molar-refractivity contribution in [2.24, 2.45) is 0 Å². The first-order valence-electron chi connectivity index (χ1n) is 7.70. The summed E-state index contributed by atoms with van der Waals surface area (Å²) >= 11 is 0. The smallest absolute Gasteiger partial charge is 0.122 e. The Kier molecular flexibility index (Phi) is 5.62. The highest BCUT2D eigenvalue weighted by Crippen LogP contribution is 2.19. The lowest BCUT2D eigenvalue weighted by molar-refractivity contribution is -0.0786. The number of β-amino-alcohol motifs (C(OH)–C–C–N with tert-alkyl or cyclic N) is 1. The van der Waals surface area contributed by atoms with Crippen LogP contribution in [-0.2, 0) is 4.74 Å². The van der Waals surface area contributed by atoms with Gasteiger partial charge in [0, 0.05) is 19.6 Å². The molecule has 0 aromatic heterocycles. The first-order chi connectivity index (χ1) is 9.94. The van der Waals surface area contributed by atoms with E-state index in [1.807, 2.05) is 19.1 Å². The summed E-state index contributed by atoms with van der Waals surface area (Å²) < 4.78 is 11.4. The van der Waals surface area contributed by atoms with E-state index in [1.165, 1.54) is 5.56 Å². The third-order valence-corrected chi connectivity index (χ3v) is 3.73. The van der Waals surface area contributed by atoms with Gasteiger partial charge in [-0.2, -0.15) is 0 Å². The van der Waals surface area contributed by atoms with Crippen molar-refractivity contribution in [1.29, 1.82) is 0 Å².